The van der Waals surface area contributed by atoms with Crippen LogP contribution in [-0.2, 0) is 0 Å². The second kappa shape index (κ2) is 5.28. The summed E-state index contributed by atoms with van der Waals surface area (Å²) < 4.78 is 14.4. The molecule has 7 heteroatoms. The van der Waals surface area contributed by atoms with Gasteiger partial charge in [0.2, 0.25) is 5.82 Å². The minimum atomic E-state index is -0.536. The molecular weight excluding hydrogens is 263 g/mol. The van der Waals surface area contributed by atoms with Crippen molar-refractivity contribution in [3.8, 4) is 0 Å². The van der Waals surface area contributed by atoms with Crippen molar-refractivity contribution in [3.05, 3.63) is 51.5 Å². The monoisotopic (exact) mass is 278 g/mol. The predicted molar refractivity (Wildman–Crippen MR) is 72.9 cm³/mol. The second-order valence-electron chi connectivity index (χ2n) is 4.50. The van der Waals surface area contributed by atoms with Gasteiger partial charge in [0.05, 0.1) is 11.0 Å². The number of rotatable bonds is 4. The Morgan fingerprint density at radius 2 is 2.05 bits per heavy atom. The highest BCUT2D eigenvalue weighted by Crippen LogP contribution is 2.31. The topological polar surface area (TPSA) is 87.0 Å². The minimum absolute atomic E-state index is 0.0173. The predicted octanol–water partition coefficient (Wildman–Crippen LogP) is 2.82. The molecule has 0 aliphatic heterocycles. The van der Waals surface area contributed by atoms with Gasteiger partial charge in [-0.05, 0) is 31.0 Å². The zero-order chi connectivity index (χ0) is 14.9. The van der Waals surface area contributed by atoms with E-state index in [0.29, 0.717) is 6.42 Å². The quantitative estimate of drug-likeness (QED) is 0.688. The van der Waals surface area contributed by atoms with Crippen LogP contribution in [0.5, 0.6) is 0 Å². The van der Waals surface area contributed by atoms with Crippen LogP contribution in [-0.4, -0.2) is 14.7 Å². The summed E-state index contributed by atoms with van der Waals surface area (Å²) in [5.41, 5.74) is 6.73. The molecule has 0 bridgehead atoms. The van der Waals surface area contributed by atoms with Crippen LogP contribution in [0.25, 0.3) is 0 Å². The molecule has 1 unspecified atom stereocenters. The van der Waals surface area contributed by atoms with E-state index >= 15 is 0 Å². The Kier molecular flexibility index (Phi) is 3.69. The molecular formula is C13H15FN4O2. The zero-order valence-corrected chi connectivity index (χ0v) is 11.2. The summed E-state index contributed by atoms with van der Waals surface area (Å²) in [6.07, 6.45) is 0.633. The third-order valence-electron chi connectivity index (χ3n) is 3.21. The summed E-state index contributed by atoms with van der Waals surface area (Å²) in [4.78, 5) is 10.4. The standard InChI is InChI=1S/C13H15FN4O2/c1-3-11(9-4-6-10(14)7-5-9)17-13(15)12(18(19)20)8(2)16-17/h4-7,11H,3,15H2,1-2H3. The number of nitrogen functional groups attached to an aromatic ring is 1. The Labute approximate surface area is 115 Å². The maximum Gasteiger partial charge on any atom is 0.333 e. The van der Waals surface area contributed by atoms with Gasteiger partial charge in [0.15, 0.2) is 0 Å². The normalized spacial score (nSPS) is 12.3. The Bertz CT molecular complexity index is 637. The molecule has 0 radical (unpaired) electrons. The number of hydrogen-bond acceptors (Lipinski definition) is 4. The van der Waals surface area contributed by atoms with Gasteiger partial charge in [-0.25, -0.2) is 9.07 Å². The van der Waals surface area contributed by atoms with Crippen LogP contribution in [0.2, 0.25) is 0 Å². The first kappa shape index (κ1) is 14.0. The van der Waals surface area contributed by atoms with Crippen LogP contribution in [0.15, 0.2) is 24.3 Å². The molecule has 0 fully saturated rings. The summed E-state index contributed by atoms with van der Waals surface area (Å²) in [7, 11) is 0. The van der Waals surface area contributed by atoms with Crippen molar-refractivity contribution >= 4 is 11.5 Å². The molecule has 20 heavy (non-hydrogen) atoms. The lowest BCUT2D eigenvalue weighted by Gasteiger charge is -2.17. The van der Waals surface area contributed by atoms with E-state index in [1.807, 2.05) is 6.92 Å². The molecule has 1 heterocycles. The first-order chi connectivity index (χ1) is 9.45. The Balaban J connectivity index is 2.50. The summed E-state index contributed by atoms with van der Waals surface area (Å²) in [5, 5.41) is 15.1. The van der Waals surface area contributed by atoms with Gasteiger partial charge in [-0.15, -0.1) is 0 Å². The maximum absolute atomic E-state index is 13.0. The zero-order valence-electron chi connectivity index (χ0n) is 11.2. The molecule has 1 aromatic carbocycles. The largest absolute Gasteiger partial charge is 0.378 e. The number of benzene rings is 1. The van der Waals surface area contributed by atoms with E-state index in [1.165, 1.54) is 16.8 Å². The van der Waals surface area contributed by atoms with Gasteiger partial charge in [-0.2, -0.15) is 5.10 Å². The number of anilines is 1. The average molecular weight is 278 g/mol. The Hall–Kier alpha value is -2.44. The fourth-order valence-electron chi connectivity index (χ4n) is 2.25. The summed E-state index contributed by atoms with van der Waals surface area (Å²) >= 11 is 0. The molecule has 1 aromatic heterocycles. The van der Waals surface area contributed by atoms with E-state index in [1.54, 1.807) is 19.1 Å². The van der Waals surface area contributed by atoms with Gasteiger partial charge < -0.3 is 5.73 Å². The number of aryl methyl sites for hydroxylation is 1. The third kappa shape index (κ3) is 2.34. The van der Waals surface area contributed by atoms with E-state index in [2.05, 4.69) is 5.10 Å². The van der Waals surface area contributed by atoms with Crippen molar-refractivity contribution in [2.45, 2.75) is 26.3 Å². The SMILES string of the molecule is CCC(c1ccc(F)cc1)n1nc(C)c([N+](=O)[O-])c1N. The summed E-state index contributed by atoms with van der Waals surface area (Å²) in [5.74, 6) is -0.317. The molecule has 0 aliphatic rings. The lowest BCUT2D eigenvalue weighted by molar-refractivity contribution is -0.384. The number of nitrogens with two attached hydrogens (primary N) is 1. The van der Waals surface area contributed by atoms with Crippen molar-refractivity contribution in [1.82, 2.24) is 9.78 Å². The van der Waals surface area contributed by atoms with Gasteiger partial charge in [0.25, 0.3) is 0 Å². The number of nitro groups is 1. The molecule has 2 N–H and O–H groups in total. The van der Waals surface area contributed by atoms with Gasteiger partial charge in [-0.1, -0.05) is 19.1 Å². The minimum Gasteiger partial charge on any atom is -0.378 e. The number of nitrogens with zero attached hydrogens (tertiary/aromatic N) is 3. The van der Waals surface area contributed by atoms with E-state index in [0.717, 1.165) is 5.56 Å². The number of halogens is 1. The highest BCUT2D eigenvalue weighted by atomic mass is 19.1. The highest BCUT2D eigenvalue weighted by molar-refractivity contribution is 5.56. The molecule has 2 aromatic rings. The van der Waals surface area contributed by atoms with E-state index in [4.69, 9.17) is 5.73 Å². The molecule has 0 aliphatic carbocycles. The van der Waals surface area contributed by atoms with Gasteiger partial charge in [0.1, 0.15) is 11.5 Å². The Morgan fingerprint density at radius 3 is 2.50 bits per heavy atom. The van der Waals surface area contributed by atoms with Gasteiger partial charge >= 0.3 is 5.69 Å². The molecule has 1 atom stereocenters. The molecule has 0 saturated heterocycles. The molecule has 2 rings (SSSR count). The Morgan fingerprint density at radius 1 is 1.45 bits per heavy atom. The first-order valence-electron chi connectivity index (χ1n) is 6.20. The smallest absolute Gasteiger partial charge is 0.333 e. The van der Waals surface area contributed by atoms with E-state index in [9.17, 15) is 14.5 Å². The number of hydrogen-bond donors (Lipinski definition) is 1. The summed E-state index contributed by atoms with van der Waals surface area (Å²) in [6, 6.07) is 5.69. The van der Waals surface area contributed by atoms with E-state index in [-0.39, 0.29) is 29.1 Å². The molecule has 106 valence electrons. The van der Waals surface area contributed by atoms with Crippen molar-refractivity contribution in [2.75, 3.05) is 5.73 Å². The average Bonchev–Trinajstić information content (AvgIpc) is 2.68. The van der Waals surface area contributed by atoms with Crippen molar-refractivity contribution in [2.24, 2.45) is 0 Å². The van der Waals surface area contributed by atoms with Crippen LogP contribution < -0.4 is 5.73 Å². The molecule has 0 spiro atoms. The highest BCUT2D eigenvalue weighted by Gasteiger charge is 2.26. The molecule has 6 nitrogen and oxygen atoms in total. The van der Waals surface area contributed by atoms with Crippen molar-refractivity contribution < 1.29 is 9.31 Å². The fraction of sp³-hybridized carbons (Fsp3) is 0.308. The third-order valence-corrected chi connectivity index (χ3v) is 3.21. The number of aromatic nitrogens is 2. The lowest BCUT2D eigenvalue weighted by Crippen LogP contribution is -2.14. The van der Waals surface area contributed by atoms with Gasteiger partial charge in [0, 0.05) is 0 Å². The van der Waals surface area contributed by atoms with Gasteiger partial charge in [-0.3, -0.25) is 10.1 Å². The van der Waals surface area contributed by atoms with Crippen LogP contribution in [0.1, 0.15) is 30.6 Å². The summed E-state index contributed by atoms with van der Waals surface area (Å²) in [6.45, 7) is 3.46. The van der Waals surface area contributed by atoms with E-state index < -0.39 is 4.92 Å². The van der Waals surface area contributed by atoms with Crippen LogP contribution in [0.3, 0.4) is 0 Å². The van der Waals surface area contributed by atoms with Crippen molar-refractivity contribution in [1.29, 1.82) is 0 Å². The van der Waals surface area contributed by atoms with Crippen LogP contribution >= 0.6 is 0 Å². The first-order valence-corrected chi connectivity index (χ1v) is 6.20. The molecule has 0 amide bonds. The lowest BCUT2D eigenvalue weighted by atomic mass is 10.0. The second-order valence-corrected chi connectivity index (χ2v) is 4.50. The van der Waals surface area contributed by atoms with Crippen LogP contribution in [0.4, 0.5) is 15.9 Å². The molecule has 0 saturated carbocycles. The fourth-order valence-corrected chi connectivity index (χ4v) is 2.25. The maximum atomic E-state index is 13.0. The van der Waals surface area contributed by atoms with Crippen molar-refractivity contribution in [3.63, 3.8) is 0 Å². The van der Waals surface area contributed by atoms with Crippen LogP contribution in [0, 0.1) is 22.9 Å².